The summed E-state index contributed by atoms with van der Waals surface area (Å²) in [4.78, 5) is 26.3. The van der Waals surface area contributed by atoms with E-state index in [1.165, 1.54) is 0 Å². The van der Waals surface area contributed by atoms with Gasteiger partial charge < -0.3 is 14.4 Å². The number of benzene rings is 1. The summed E-state index contributed by atoms with van der Waals surface area (Å²) in [5.74, 6) is -0.445. The van der Waals surface area contributed by atoms with Crippen LogP contribution in [-0.4, -0.2) is 56.9 Å². The summed E-state index contributed by atoms with van der Waals surface area (Å²) in [6, 6.07) is 8.59. The largest absolute Gasteiger partial charge is 0.465 e. The Balaban J connectivity index is 1.85. The second-order valence-electron chi connectivity index (χ2n) is 7.80. The lowest BCUT2D eigenvalue weighted by molar-refractivity contribution is -0.145. The molecule has 1 aromatic carbocycles. The number of sulfonamides is 1. The Hall–Kier alpha value is -2.13. The number of nitrogens with zero attached hydrogens (tertiary/aromatic N) is 1. The predicted octanol–water partition coefficient (Wildman–Crippen LogP) is 3.08. The van der Waals surface area contributed by atoms with E-state index in [1.54, 1.807) is 11.8 Å². The summed E-state index contributed by atoms with van der Waals surface area (Å²) < 4.78 is 37.6. The molecule has 1 aliphatic heterocycles. The highest BCUT2D eigenvalue weighted by atomic mass is 32.2. The van der Waals surface area contributed by atoms with Gasteiger partial charge in [0.15, 0.2) is 0 Å². The standard InChI is InChI=1S/C22H34N2O6S/c1-3-5-15-31(27,28)23-20(21(25)29-4-2)16-18-11-13-24(14-12-18)22(26)30-17-19-9-7-6-8-10-19/h6-10,18,20,23H,3-5,11-17H2,1-2H3. The maximum Gasteiger partial charge on any atom is 0.410 e. The lowest BCUT2D eigenvalue weighted by atomic mass is 9.90. The lowest BCUT2D eigenvalue weighted by Crippen LogP contribution is -2.46. The van der Waals surface area contributed by atoms with Gasteiger partial charge in [0, 0.05) is 13.1 Å². The molecule has 0 bridgehead atoms. The summed E-state index contributed by atoms with van der Waals surface area (Å²) in [5, 5.41) is 0. The first kappa shape index (κ1) is 25.1. The van der Waals surface area contributed by atoms with Gasteiger partial charge in [0.2, 0.25) is 10.0 Å². The van der Waals surface area contributed by atoms with Crippen LogP contribution in [0, 0.1) is 5.92 Å². The Bertz CT molecular complexity index is 791. The van der Waals surface area contributed by atoms with Crippen molar-refractivity contribution >= 4 is 22.1 Å². The zero-order valence-electron chi connectivity index (χ0n) is 18.4. The molecule has 9 heteroatoms. The first-order chi connectivity index (χ1) is 14.8. The number of piperidine rings is 1. The van der Waals surface area contributed by atoms with E-state index in [4.69, 9.17) is 9.47 Å². The number of rotatable bonds is 11. The normalized spacial score (nSPS) is 16.0. The first-order valence-corrected chi connectivity index (χ1v) is 12.6. The summed E-state index contributed by atoms with van der Waals surface area (Å²) >= 11 is 0. The van der Waals surface area contributed by atoms with E-state index in [0.717, 1.165) is 12.0 Å². The Labute approximate surface area is 185 Å². The summed E-state index contributed by atoms with van der Waals surface area (Å²) in [7, 11) is -3.55. The van der Waals surface area contributed by atoms with Crippen molar-refractivity contribution in [2.45, 2.75) is 58.6 Å². The third-order valence-electron chi connectivity index (χ3n) is 5.31. The molecule has 1 atom stereocenters. The van der Waals surface area contributed by atoms with Crippen LogP contribution in [0.25, 0.3) is 0 Å². The van der Waals surface area contributed by atoms with Crippen LogP contribution < -0.4 is 4.72 Å². The van der Waals surface area contributed by atoms with Crippen LogP contribution in [0.4, 0.5) is 4.79 Å². The maximum absolute atomic E-state index is 12.3. The second kappa shape index (κ2) is 12.7. The smallest absolute Gasteiger partial charge is 0.410 e. The molecule has 1 unspecified atom stereocenters. The molecule has 174 valence electrons. The number of likely N-dealkylation sites (tertiary alicyclic amines) is 1. The van der Waals surface area contributed by atoms with E-state index in [1.807, 2.05) is 37.3 Å². The van der Waals surface area contributed by atoms with Crippen molar-refractivity contribution in [1.82, 2.24) is 9.62 Å². The quantitative estimate of drug-likeness (QED) is 0.516. The fourth-order valence-corrected chi connectivity index (χ4v) is 4.95. The third-order valence-corrected chi connectivity index (χ3v) is 6.78. The van der Waals surface area contributed by atoms with Crippen molar-refractivity contribution < 1.29 is 27.5 Å². The Morgan fingerprint density at radius 3 is 2.42 bits per heavy atom. The first-order valence-electron chi connectivity index (χ1n) is 11.0. The highest BCUT2D eigenvalue weighted by Crippen LogP contribution is 2.23. The van der Waals surface area contributed by atoms with Crippen LogP contribution in [0.5, 0.6) is 0 Å². The number of carbonyl (C=O) groups excluding carboxylic acids is 2. The number of nitrogens with one attached hydrogen (secondary N) is 1. The van der Waals surface area contributed by atoms with Crippen LogP contribution in [0.1, 0.15) is 51.5 Å². The number of amides is 1. The van der Waals surface area contributed by atoms with Gasteiger partial charge in [0.1, 0.15) is 12.6 Å². The molecule has 0 spiro atoms. The van der Waals surface area contributed by atoms with Gasteiger partial charge in [-0.3, -0.25) is 4.79 Å². The van der Waals surface area contributed by atoms with Gasteiger partial charge in [0.05, 0.1) is 12.4 Å². The van der Waals surface area contributed by atoms with Crippen molar-refractivity contribution in [2.24, 2.45) is 5.92 Å². The minimum atomic E-state index is -3.55. The zero-order chi connectivity index (χ0) is 22.7. The summed E-state index contributed by atoms with van der Waals surface area (Å²) in [5.41, 5.74) is 0.929. The molecule has 1 fully saturated rings. The van der Waals surface area contributed by atoms with Crippen molar-refractivity contribution in [2.75, 3.05) is 25.4 Å². The van der Waals surface area contributed by atoms with Gasteiger partial charge in [-0.25, -0.2) is 17.9 Å². The molecule has 0 radical (unpaired) electrons. The predicted molar refractivity (Wildman–Crippen MR) is 118 cm³/mol. The molecule has 1 aliphatic rings. The summed E-state index contributed by atoms with van der Waals surface area (Å²) in [6.07, 6.45) is 2.64. The Morgan fingerprint density at radius 2 is 1.81 bits per heavy atom. The monoisotopic (exact) mass is 454 g/mol. The van der Waals surface area contributed by atoms with Crippen molar-refractivity contribution in [3.63, 3.8) is 0 Å². The Morgan fingerprint density at radius 1 is 1.13 bits per heavy atom. The molecule has 31 heavy (non-hydrogen) atoms. The molecule has 2 rings (SSSR count). The minimum Gasteiger partial charge on any atom is -0.465 e. The zero-order valence-corrected chi connectivity index (χ0v) is 19.2. The summed E-state index contributed by atoms with van der Waals surface area (Å²) in [6.45, 7) is 5.05. The van der Waals surface area contributed by atoms with E-state index >= 15 is 0 Å². The number of unbranched alkanes of at least 4 members (excludes halogenated alkanes) is 1. The van der Waals surface area contributed by atoms with Crippen LogP contribution in [-0.2, 0) is 30.9 Å². The van der Waals surface area contributed by atoms with Gasteiger partial charge in [0.25, 0.3) is 0 Å². The lowest BCUT2D eigenvalue weighted by Gasteiger charge is -2.32. The van der Waals surface area contributed by atoms with Crippen molar-refractivity contribution in [1.29, 1.82) is 0 Å². The fraction of sp³-hybridized carbons (Fsp3) is 0.636. The number of ether oxygens (including phenoxy) is 2. The Kier molecular flexibility index (Phi) is 10.3. The highest BCUT2D eigenvalue weighted by Gasteiger charge is 2.31. The van der Waals surface area contributed by atoms with E-state index < -0.39 is 22.0 Å². The maximum atomic E-state index is 12.3. The number of carbonyl (C=O) groups is 2. The van der Waals surface area contributed by atoms with Gasteiger partial charge in [-0.15, -0.1) is 0 Å². The fourth-order valence-electron chi connectivity index (χ4n) is 3.54. The van der Waals surface area contributed by atoms with E-state index in [2.05, 4.69) is 4.72 Å². The molecule has 1 amide bonds. The van der Waals surface area contributed by atoms with Crippen LogP contribution in [0.3, 0.4) is 0 Å². The topological polar surface area (TPSA) is 102 Å². The number of esters is 1. The van der Waals surface area contributed by atoms with Crippen LogP contribution >= 0.6 is 0 Å². The molecule has 8 nitrogen and oxygen atoms in total. The number of hydrogen-bond donors (Lipinski definition) is 1. The third kappa shape index (κ3) is 8.86. The molecule has 0 aliphatic carbocycles. The minimum absolute atomic E-state index is 0.00882. The average molecular weight is 455 g/mol. The van der Waals surface area contributed by atoms with E-state index in [0.29, 0.717) is 38.8 Å². The van der Waals surface area contributed by atoms with Crippen molar-refractivity contribution in [3.05, 3.63) is 35.9 Å². The average Bonchev–Trinajstić information content (AvgIpc) is 2.77. The molecule has 0 saturated carbocycles. The van der Waals surface area contributed by atoms with Gasteiger partial charge >= 0.3 is 12.1 Å². The van der Waals surface area contributed by atoms with Gasteiger partial charge in [-0.1, -0.05) is 43.7 Å². The molecular weight excluding hydrogens is 420 g/mol. The molecular formula is C22H34N2O6S. The van der Waals surface area contributed by atoms with Crippen LogP contribution in [0.2, 0.25) is 0 Å². The molecule has 1 saturated heterocycles. The van der Waals surface area contributed by atoms with Gasteiger partial charge in [-0.05, 0) is 44.1 Å². The van der Waals surface area contributed by atoms with Gasteiger partial charge in [-0.2, -0.15) is 0 Å². The molecule has 1 heterocycles. The van der Waals surface area contributed by atoms with E-state index in [-0.39, 0.29) is 31.0 Å². The van der Waals surface area contributed by atoms with E-state index in [9.17, 15) is 18.0 Å². The number of hydrogen-bond acceptors (Lipinski definition) is 6. The molecule has 0 aromatic heterocycles. The SMILES string of the molecule is CCCCS(=O)(=O)NC(CC1CCN(C(=O)OCc2ccccc2)CC1)C(=O)OCC. The highest BCUT2D eigenvalue weighted by molar-refractivity contribution is 7.89. The van der Waals surface area contributed by atoms with Crippen LogP contribution in [0.15, 0.2) is 30.3 Å². The molecule has 1 N–H and O–H groups in total. The second-order valence-corrected chi connectivity index (χ2v) is 9.67. The van der Waals surface area contributed by atoms with Crippen molar-refractivity contribution in [3.8, 4) is 0 Å². The molecule has 1 aromatic rings.